The van der Waals surface area contributed by atoms with Crippen molar-refractivity contribution in [1.82, 2.24) is 25.5 Å². The molecule has 4 heterocycles. The first kappa shape index (κ1) is 41.1. The van der Waals surface area contributed by atoms with E-state index in [1.165, 1.54) is 6.07 Å². The van der Waals surface area contributed by atoms with Gasteiger partial charge in [0.25, 0.3) is 11.8 Å². The predicted octanol–water partition coefficient (Wildman–Crippen LogP) is 6.40. The van der Waals surface area contributed by atoms with Crippen molar-refractivity contribution in [2.24, 2.45) is 0 Å². The molecule has 0 radical (unpaired) electrons. The molecule has 2 fully saturated rings. The van der Waals surface area contributed by atoms with Crippen LogP contribution in [0.2, 0.25) is 0 Å². The summed E-state index contributed by atoms with van der Waals surface area (Å²) in [5, 5.41) is 17.9. The maximum atomic E-state index is 13.9. The number of nitrogens with one attached hydrogen (secondary N) is 3. The molecule has 1 saturated heterocycles. The van der Waals surface area contributed by atoms with Crippen LogP contribution in [0, 0.1) is 11.3 Å². The number of urea groups is 1. The summed E-state index contributed by atoms with van der Waals surface area (Å²) in [6.07, 6.45) is 7.16. The van der Waals surface area contributed by atoms with Gasteiger partial charge in [-0.05, 0) is 85.7 Å². The van der Waals surface area contributed by atoms with Crippen molar-refractivity contribution in [3.63, 3.8) is 0 Å². The number of imide groups is 2. The Morgan fingerprint density at radius 1 is 0.806 bits per heavy atom. The Morgan fingerprint density at radius 3 is 2.29 bits per heavy atom. The van der Waals surface area contributed by atoms with Crippen LogP contribution in [0.15, 0.2) is 109 Å². The molecule has 2 aliphatic heterocycles. The van der Waals surface area contributed by atoms with Crippen LogP contribution in [-0.2, 0) is 16.1 Å². The highest BCUT2D eigenvalue weighted by molar-refractivity contribution is 6.24. The molecule has 15 heteroatoms. The van der Waals surface area contributed by atoms with Crippen LogP contribution in [0.25, 0.3) is 11.1 Å². The van der Waals surface area contributed by atoms with E-state index in [9.17, 15) is 24.0 Å². The summed E-state index contributed by atoms with van der Waals surface area (Å²) in [6.45, 7) is 0.877. The molecule has 5 aromatic rings. The lowest BCUT2D eigenvalue weighted by atomic mass is 9.89. The quantitative estimate of drug-likeness (QED) is 0.0827. The van der Waals surface area contributed by atoms with E-state index in [0.29, 0.717) is 24.4 Å². The van der Waals surface area contributed by atoms with E-state index in [-0.39, 0.29) is 61.0 Å². The monoisotopic (exact) mass is 832 g/mol. The van der Waals surface area contributed by atoms with E-state index in [1.54, 1.807) is 36.7 Å². The van der Waals surface area contributed by atoms with Gasteiger partial charge in [0.1, 0.15) is 23.7 Å². The summed E-state index contributed by atoms with van der Waals surface area (Å²) < 4.78 is 11.8. The number of piperidine rings is 1. The summed E-state index contributed by atoms with van der Waals surface area (Å²) in [4.78, 5) is 76.0. The van der Waals surface area contributed by atoms with Crippen LogP contribution < -0.4 is 30.3 Å². The Balaban J connectivity index is 0.852. The molecule has 314 valence electrons. The molecule has 62 heavy (non-hydrogen) atoms. The normalized spacial score (nSPS) is 18.3. The number of anilines is 2. The summed E-state index contributed by atoms with van der Waals surface area (Å²) in [6, 6.07) is 30.8. The molecule has 1 saturated carbocycles. The van der Waals surface area contributed by atoms with Gasteiger partial charge >= 0.3 is 6.03 Å². The molecule has 0 spiro atoms. The number of hydrogen-bond donors (Lipinski definition) is 3. The van der Waals surface area contributed by atoms with E-state index >= 15 is 0 Å². The number of ether oxygens (including phenoxy) is 2. The zero-order valence-electron chi connectivity index (χ0n) is 33.8. The summed E-state index contributed by atoms with van der Waals surface area (Å²) >= 11 is 0. The van der Waals surface area contributed by atoms with Gasteiger partial charge in [0.05, 0.1) is 29.9 Å². The molecular formula is C47H44N8O7. The van der Waals surface area contributed by atoms with Crippen molar-refractivity contribution < 1.29 is 33.4 Å². The number of hydrogen-bond acceptors (Lipinski definition) is 11. The Bertz CT molecular complexity index is 2480. The molecule has 1 unspecified atom stereocenters. The minimum atomic E-state index is -1.06. The minimum Gasteiger partial charge on any atom is -0.493 e. The number of rotatable bonds is 14. The predicted molar refractivity (Wildman–Crippen MR) is 228 cm³/mol. The molecule has 3 N–H and O–H groups in total. The molecule has 8 rings (SSSR count). The first-order valence-electron chi connectivity index (χ1n) is 20.7. The number of amides is 6. The van der Waals surface area contributed by atoms with Gasteiger partial charge in [-0.2, -0.15) is 5.26 Å². The maximum absolute atomic E-state index is 13.9. The summed E-state index contributed by atoms with van der Waals surface area (Å²) in [7, 11) is 0. The van der Waals surface area contributed by atoms with E-state index in [4.69, 9.17) is 14.7 Å². The average molecular weight is 833 g/mol. The van der Waals surface area contributed by atoms with Gasteiger partial charge in [0, 0.05) is 61.2 Å². The molecule has 1 aliphatic carbocycles. The standard InChI is InChI=1S/C47H44N8O7/c48-26-31-10-21-40(49-28-31)52-34-14-18-36(19-15-34)54(47(60)51-27-30-6-2-1-3-7-30)35-16-11-32(12-17-35)33-13-23-42(50-29-33)62-25-5-24-61-39-9-4-8-37-43(39)46(59)55(45(37)58)38-20-22-41(56)53-44(38)57/h1-4,6-13,16-17,21,23,28-29,34,36,38H,5,14-15,18-20,22,24-25,27H2,(H,49,52)(H,51,60)(H,53,56,57). The Morgan fingerprint density at radius 2 is 1.58 bits per heavy atom. The largest absolute Gasteiger partial charge is 0.493 e. The van der Waals surface area contributed by atoms with Gasteiger partial charge in [-0.15, -0.1) is 0 Å². The van der Waals surface area contributed by atoms with E-state index in [1.807, 2.05) is 71.6 Å². The minimum absolute atomic E-state index is 0.0114. The van der Waals surface area contributed by atoms with Gasteiger partial charge in [-0.1, -0.05) is 48.5 Å². The lowest BCUT2D eigenvalue weighted by Crippen LogP contribution is -2.54. The maximum Gasteiger partial charge on any atom is 0.322 e. The second kappa shape index (κ2) is 18.8. The number of benzene rings is 3. The third kappa shape index (κ3) is 9.24. The summed E-state index contributed by atoms with van der Waals surface area (Å²) in [5.74, 6) is -0.933. The van der Waals surface area contributed by atoms with Crippen molar-refractivity contribution in [3.05, 3.63) is 132 Å². The third-order valence-electron chi connectivity index (χ3n) is 11.3. The molecule has 2 aromatic heterocycles. The zero-order valence-corrected chi connectivity index (χ0v) is 33.8. The van der Waals surface area contributed by atoms with Crippen LogP contribution >= 0.6 is 0 Å². The Kier molecular flexibility index (Phi) is 12.5. The second-order valence-corrected chi connectivity index (χ2v) is 15.3. The fourth-order valence-electron chi connectivity index (χ4n) is 8.06. The van der Waals surface area contributed by atoms with Crippen LogP contribution in [0.3, 0.4) is 0 Å². The van der Waals surface area contributed by atoms with Gasteiger partial charge in [-0.3, -0.25) is 34.3 Å². The Hall–Kier alpha value is -7.60. The highest BCUT2D eigenvalue weighted by Crippen LogP contribution is 2.34. The van der Waals surface area contributed by atoms with Crippen molar-refractivity contribution in [3.8, 4) is 28.8 Å². The fraction of sp³-hybridized carbons (Fsp3) is 0.277. The molecular weight excluding hydrogens is 789 g/mol. The number of carbonyl (C=O) groups is 5. The summed E-state index contributed by atoms with van der Waals surface area (Å²) in [5.41, 5.74) is 4.37. The highest BCUT2D eigenvalue weighted by atomic mass is 16.5. The van der Waals surface area contributed by atoms with E-state index < -0.39 is 29.7 Å². The highest BCUT2D eigenvalue weighted by Gasteiger charge is 2.46. The van der Waals surface area contributed by atoms with Crippen LogP contribution in [0.4, 0.5) is 16.3 Å². The molecule has 15 nitrogen and oxygen atoms in total. The molecule has 0 bridgehead atoms. The van der Waals surface area contributed by atoms with Gasteiger partial charge < -0.3 is 20.1 Å². The first-order valence-corrected chi connectivity index (χ1v) is 20.7. The van der Waals surface area contributed by atoms with Crippen molar-refractivity contribution in [2.75, 3.05) is 23.4 Å². The van der Waals surface area contributed by atoms with Gasteiger partial charge in [0.15, 0.2) is 0 Å². The molecule has 3 aliphatic rings. The van der Waals surface area contributed by atoms with Gasteiger partial charge in [-0.25, -0.2) is 14.8 Å². The lowest BCUT2D eigenvalue weighted by molar-refractivity contribution is -0.136. The number of pyridine rings is 2. The number of aromatic nitrogens is 2. The second-order valence-electron chi connectivity index (χ2n) is 15.3. The number of fused-ring (bicyclic) bond motifs is 1. The van der Waals surface area contributed by atoms with Crippen molar-refractivity contribution >= 4 is 41.2 Å². The fourth-order valence-corrected chi connectivity index (χ4v) is 8.06. The van der Waals surface area contributed by atoms with Crippen molar-refractivity contribution in [2.45, 2.75) is 69.6 Å². The third-order valence-corrected chi connectivity index (χ3v) is 11.3. The van der Waals surface area contributed by atoms with E-state index in [0.717, 1.165) is 58.8 Å². The number of carbonyl (C=O) groups excluding carboxylic acids is 5. The number of nitriles is 1. The van der Waals surface area contributed by atoms with Crippen LogP contribution in [-0.4, -0.2) is 75.9 Å². The molecule has 1 atom stereocenters. The molecule has 6 amide bonds. The number of nitrogens with zero attached hydrogens (tertiary/aromatic N) is 5. The topological polar surface area (TPSA) is 196 Å². The smallest absolute Gasteiger partial charge is 0.322 e. The lowest BCUT2D eigenvalue weighted by Gasteiger charge is -2.37. The Labute approximate surface area is 358 Å². The SMILES string of the molecule is N#Cc1ccc(NC2CCC(N(C(=O)NCc3ccccc3)c3ccc(-c4ccc(OCCCOc5cccc6c5C(=O)N(C5CCC(=O)NC5=O)C6=O)nc4)cc3)CC2)nc1. The van der Waals surface area contributed by atoms with Crippen LogP contribution in [0.1, 0.15) is 76.8 Å². The van der Waals surface area contributed by atoms with Crippen molar-refractivity contribution in [1.29, 1.82) is 5.26 Å². The van der Waals surface area contributed by atoms with Gasteiger partial charge in [0.2, 0.25) is 17.7 Å². The molecule has 3 aromatic carbocycles. The first-order chi connectivity index (χ1) is 30.2. The average Bonchev–Trinajstić information content (AvgIpc) is 3.56. The zero-order chi connectivity index (χ0) is 43.0. The van der Waals surface area contributed by atoms with E-state index in [2.05, 4.69) is 32.0 Å². The van der Waals surface area contributed by atoms with Crippen LogP contribution in [0.5, 0.6) is 11.6 Å².